The first-order valence-electron chi connectivity index (χ1n) is 12.0. The minimum atomic E-state index is -0.168. The maximum atomic E-state index is 9.85. The van der Waals surface area contributed by atoms with Gasteiger partial charge in [-0.15, -0.1) is 0 Å². The largest absolute Gasteiger partial charge is 0.393 e. The fourth-order valence-corrected chi connectivity index (χ4v) is 4.52. The summed E-state index contributed by atoms with van der Waals surface area (Å²) in [5, 5.41) is 20.2. The van der Waals surface area contributed by atoms with Gasteiger partial charge in [0.2, 0.25) is 5.95 Å². The van der Waals surface area contributed by atoms with E-state index in [1.807, 2.05) is 12.4 Å². The first-order valence-corrected chi connectivity index (χ1v) is 12.0. The molecule has 31 heavy (non-hydrogen) atoms. The molecule has 0 radical (unpaired) electrons. The average Bonchev–Trinajstić information content (AvgIpc) is 2.82. The Morgan fingerprint density at radius 2 is 1.84 bits per heavy atom. The van der Waals surface area contributed by atoms with Crippen molar-refractivity contribution in [3.05, 3.63) is 30.1 Å². The minimum absolute atomic E-state index is 0.168. The number of rotatable bonds is 8. The SMILES string of the molecule is CCCCNc1ncc(-c2ccc(C3CCNCC3)cn2)c(N[C@H]2CC[C@H](O)CC2)n1. The molecule has 2 aromatic heterocycles. The van der Waals surface area contributed by atoms with Crippen molar-refractivity contribution in [3.63, 3.8) is 0 Å². The van der Waals surface area contributed by atoms with E-state index in [1.54, 1.807) is 0 Å². The van der Waals surface area contributed by atoms with E-state index in [0.29, 0.717) is 17.9 Å². The molecule has 0 atom stereocenters. The van der Waals surface area contributed by atoms with E-state index in [-0.39, 0.29) is 6.10 Å². The molecule has 1 aliphatic carbocycles. The summed E-state index contributed by atoms with van der Waals surface area (Å²) in [7, 11) is 0. The molecule has 7 nitrogen and oxygen atoms in total. The van der Waals surface area contributed by atoms with Crippen LogP contribution in [0.25, 0.3) is 11.3 Å². The molecule has 2 aromatic rings. The van der Waals surface area contributed by atoms with E-state index in [9.17, 15) is 5.11 Å². The molecule has 1 aliphatic heterocycles. The number of aliphatic hydroxyl groups is 1. The van der Waals surface area contributed by atoms with Crippen molar-refractivity contribution in [1.82, 2.24) is 20.3 Å². The van der Waals surface area contributed by atoms with E-state index >= 15 is 0 Å². The standard InChI is InChI=1S/C24H36N6O/c1-2-3-12-26-24-28-16-21(23(30-24)29-19-5-7-20(31)8-6-19)22-9-4-18(15-27-22)17-10-13-25-14-11-17/h4,9,15-17,19-20,25,31H,2-3,5-8,10-14H2,1H3,(H2,26,28,29,30)/t19-,20-. The van der Waals surface area contributed by atoms with Crippen molar-refractivity contribution in [2.45, 2.75) is 76.4 Å². The first kappa shape index (κ1) is 22.0. The summed E-state index contributed by atoms with van der Waals surface area (Å²) in [6, 6.07) is 4.64. The third kappa shape index (κ3) is 5.92. The molecule has 0 amide bonds. The lowest BCUT2D eigenvalue weighted by atomic mass is 9.91. The molecule has 0 aromatic carbocycles. The summed E-state index contributed by atoms with van der Waals surface area (Å²) < 4.78 is 0. The van der Waals surface area contributed by atoms with Crippen LogP contribution in [0.3, 0.4) is 0 Å². The number of nitrogens with one attached hydrogen (secondary N) is 3. The topological polar surface area (TPSA) is 95.0 Å². The highest BCUT2D eigenvalue weighted by Crippen LogP contribution is 2.31. The predicted molar refractivity (Wildman–Crippen MR) is 125 cm³/mol. The van der Waals surface area contributed by atoms with Gasteiger partial charge >= 0.3 is 0 Å². The van der Waals surface area contributed by atoms with Gasteiger partial charge in [0, 0.05) is 25.0 Å². The molecule has 3 heterocycles. The van der Waals surface area contributed by atoms with Crippen LogP contribution in [0.15, 0.2) is 24.5 Å². The Kier molecular flexibility index (Phi) is 7.70. The van der Waals surface area contributed by atoms with Gasteiger partial charge in [0.1, 0.15) is 5.82 Å². The van der Waals surface area contributed by atoms with E-state index in [4.69, 9.17) is 9.97 Å². The molecule has 0 spiro atoms. The lowest BCUT2D eigenvalue weighted by Gasteiger charge is -2.27. The van der Waals surface area contributed by atoms with Gasteiger partial charge < -0.3 is 21.1 Å². The second kappa shape index (κ2) is 10.9. The normalized spacial score (nSPS) is 22.3. The zero-order chi connectivity index (χ0) is 21.5. The maximum Gasteiger partial charge on any atom is 0.224 e. The molecule has 168 valence electrons. The predicted octanol–water partition coefficient (Wildman–Crippen LogP) is 3.93. The van der Waals surface area contributed by atoms with E-state index in [2.05, 4.69) is 40.0 Å². The molecule has 1 saturated carbocycles. The van der Waals surface area contributed by atoms with Crippen molar-refractivity contribution in [3.8, 4) is 11.3 Å². The molecule has 2 aliphatic rings. The molecular formula is C24H36N6O. The Hall–Kier alpha value is -2.25. The van der Waals surface area contributed by atoms with Crippen LogP contribution in [0.4, 0.5) is 11.8 Å². The number of aliphatic hydroxyl groups excluding tert-OH is 1. The first-order chi connectivity index (χ1) is 15.2. The Labute approximate surface area is 185 Å². The number of anilines is 2. The van der Waals surface area contributed by atoms with Crippen LogP contribution in [0.5, 0.6) is 0 Å². The van der Waals surface area contributed by atoms with E-state index in [0.717, 1.165) is 75.2 Å². The van der Waals surface area contributed by atoms with Crippen molar-refractivity contribution in [2.24, 2.45) is 0 Å². The molecule has 1 saturated heterocycles. The van der Waals surface area contributed by atoms with Crippen LogP contribution in [-0.2, 0) is 0 Å². The van der Waals surface area contributed by atoms with Gasteiger partial charge in [-0.05, 0) is 75.6 Å². The van der Waals surface area contributed by atoms with Crippen LogP contribution >= 0.6 is 0 Å². The lowest BCUT2D eigenvalue weighted by Crippen LogP contribution is -2.29. The smallest absolute Gasteiger partial charge is 0.224 e. The molecule has 4 N–H and O–H groups in total. The number of hydrogen-bond donors (Lipinski definition) is 4. The molecule has 2 fully saturated rings. The van der Waals surface area contributed by atoms with Gasteiger partial charge in [0.15, 0.2) is 0 Å². The van der Waals surface area contributed by atoms with Gasteiger partial charge in [-0.2, -0.15) is 4.98 Å². The van der Waals surface area contributed by atoms with Gasteiger partial charge in [0.05, 0.1) is 17.4 Å². The van der Waals surface area contributed by atoms with Crippen LogP contribution in [-0.4, -0.2) is 51.8 Å². The monoisotopic (exact) mass is 424 g/mol. The van der Waals surface area contributed by atoms with Crippen molar-refractivity contribution in [2.75, 3.05) is 30.3 Å². The van der Waals surface area contributed by atoms with Crippen LogP contribution in [0.2, 0.25) is 0 Å². The average molecular weight is 425 g/mol. The Morgan fingerprint density at radius 1 is 1.03 bits per heavy atom. The number of pyridine rings is 1. The lowest BCUT2D eigenvalue weighted by molar-refractivity contribution is 0.126. The second-order valence-corrected chi connectivity index (χ2v) is 8.89. The number of unbranched alkanes of at least 4 members (excludes halogenated alkanes) is 1. The fourth-order valence-electron chi connectivity index (χ4n) is 4.52. The number of aromatic nitrogens is 3. The minimum Gasteiger partial charge on any atom is -0.393 e. The molecular weight excluding hydrogens is 388 g/mol. The molecule has 7 heteroatoms. The zero-order valence-electron chi connectivity index (χ0n) is 18.6. The summed E-state index contributed by atoms with van der Waals surface area (Å²) in [5.74, 6) is 2.08. The van der Waals surface area contributed by atoms with Gasteiger partial charge in [-0.1, -0.05) is 19.4 Å². The number of hydrogen-bond acceptors (Lipinski definition) is 7. The van der Waals surface area contributed by atoms with E-state index in [1.165, 1.54) is 18.4 Å². The van der Waals surface area contributed by atoms with Crippen molar-refractivity contribution in [1.29, 1.82) is 0 Å². The van der Waals surface area contributed by atoms with Crippen molar-refractivity contribution < 1.29 is 5.11 Å². The van der Waals surface area contributed by atoms with Gasteiger partial charge in [0.25, 0.3) is 0 Å². The summed E-state index contributed by atoms with van der Waals surface area (Å²) in [6.07, 6.45) is 11.9. The molecule has 4 rings (SSSR count). The fraction of sp³-hybridized carbons (Fsp3) is 0.625. The van der Waals surface area contributed by atoms with Crippen LogP contribution in [0, 0.1) is 0 Å². The third-order valence-electron chi connectivity index (χ3n) is 6.51. The summed E-state index contributed by atoms with van der Waals surface area (Å²) in [6.45, 7) is 5.21. The molecule has 0 unspecified atom stereocenters. The highest BCUT2D eigenvalue weighted by molar-refractivity contribution is 5.73. The van der Waals surface area contributed by atoms with E-state index < -0.39 is 0 Å². The summed E-state index contributed by atoms with van der Waals surface area (Å²) in [4.78, 5) is 14.2. The third-order valence-corrected chi connectivity index (χ3v) is 6.51. The van der Waals surface area contributed by atoms with Crippen molar-refractivity contribution >= 4 is 11.8 Å². The summed E-state index contributed by atoms with van der Waals surface area (Å²) >= 11 is 0. The highest BCUT2D eigenvalue weighted by Gasteiger charge is 2.22. The number of nitrogens with zero attached hydrogens (tertiary/aromatic N) is 3. The second-order valence-electron chi connectivity index (χ2n) is 8.89. The van der Waals surface area contributed by atoms with Gasteiger partial charge in [-0.3, -0.25) is 4.98 Å². The Morgan fingerprint density at radius 3 is 2.55 bits per heavy atom. The molecule has 0 bridgehead atoms. The van der Waals surface area contributed by atoms with Crippen LogP contribution < -0.4 is 16.0 Å². The zero-order valence-corrected chi connectivity index (χ0v) is 18.6. The number of piperidine rings is 1. The summed E-state index contributed by atoms with van der Waals surface area (Å²) in [5.41, 5.74) is 3.15. The Bertz CT molecular complexity index is 813. The van der Waals surface area contributed by atoms with Gasteiger partial charge in [-0.25, -0.2) is 4.98 Å². The quantitative estimate of drug-likeness (QED) is 0.477. The Balaban J connectivity index is 1.54. The highest BCUT2D eigenvalue weighted by atomic mass is 16.3. The van der Waals surface area contributed by atoms with Crippen LogP contribution in [0.1, 0.15) is 69.8 Å². The maximum absolute atomic E-state index is 9.85.